The molecular weight excluding hydrogens is 156 g/mol. The number of hydrogen-bond donors (Lipinski definition) is 1. The molecular formula is C8H12N2S. The van der Waals surface area contributed by atoms with Crippen LogP contribution in [-0.2, 0) is 6.54 Å². The molecule has 1 fully saturated rings. The molecule has 0 unspecified atom stereocenters. The van der Waals surface area contributed by atoms with E-state index in [4.69, 9.17) is 0 Å². The van der Waals surface area contributed by atoms with Gasteiger partial charge in [-0.1, -0.05) is 0 Å². The molecule has 11 heavy (non-hydrogen) atoms. The minimum Gasteiger partial charge on any atom is -0.310 e. The molecule has 3 heteroatoms. The highest BCUT2D eigenvalue weighted by Gasteiger charge is 2.20. The second-order valence-electron chi connectivity index (χ2n) is 3.08. The SMILES string of the molecule is Cc1nscc1CNC1CC1. The fraction of sp³-hybridized carbons (Fsp3) is 0.625. The minimum absolute atomic E-state index is 0.800. The number of hydrogen-bond acceptors (Lipinski definition) is 3. The standard InChI is InChI=1S/C8H12N2S/c1-6-7(5-11-10-6)4-9-8-2-3-8/h5,8-9H,2-4H2,1H3. The molecule has 0 amide bonds. The van der Waals surface area contributed by atoms with E-state index in [-0.39, 0.29) is 0 Å². The average Bonchev–Trinajstić information content (AvgIpc) is 2.73. The van der Waals surface area contributed by atoms with Crippen molar-refractivity contribution in [1.29, 1.82) is 0 Å². The van der Waals surface area contributed by atoms with Gasteiger partial charge in [0.2, 0.25) is 0 Å². The van der Waals surface area contributed by atoms with Gasteiger partial charge < -0.3 is 5.32 Å². The molecule has 1 N–H and O–H groups in total. The molecule has 2 rings (SSSR count). The number of nitrogens with zero attached hydrogens (tertiary/aromatic N) is 1. The van der Waals surface area contributed by atoms with E-state index in [0.717, 1.165) is 12.6 Å². The lowest BCUT2D eigenvalue weighted by molar-refractivity contribution is 0.685. The lowest BCUT2D eigenvalue weighted by Gasteiger charge is -1.99. The molecule has 0 aliphatic heterocycles. The fourth-order valence-electron chi connectivity index (χ4n) is 1.02. The quantitative estimate of drug-likeness (QED) is 0.743. The summed E-state index contributed by atoms with van der Waals surface area (Å²) in [6, 6.07) is 0.800. The second kappa shape index (κ2) is 2.91. The van der Waals surface area contributed by atoms with Crippen molar-refractivity contribution in [3.05, 3.63) is 16.6 Å². The maximum Gasteiger partial charge on any atom is 0.0556 e. The van der Waals surface area contributed by atoms with Crippen LogP contribution in [0, 0.1) is 6.92 Å². The van der Waals surface area contributed by atoms with Gasteiger partial charge in [-0.2, -0.15) is 4.37 Å². The molecule has 1 aromatic rings. The highest BCUT2D eigenvalue weighted by molar-refractivity contribution is 7.03. The van der Waals surface area contributed by atoms with Gasteiger partial charge in [-0.3, -0.25) is 0 Å². The maximum atomic E-state index is 4.22. The lowest BCUT2D eigenvalue weighted by Crippen LogP contribution is -2.15. The molecule has 1 saturated carbocycles. The van der Waals surface area contributed by atoms with Crippen LogP contribution in [0.4, 0.5) is 0 Å². The van der Waals surface area contributed by atoms with Gasteiger partial charge in [-0.15, -0.1) is 0 Å². The largest absolute Gasteiger partial charge is 0.310 e. The number of aromatic nitrogens is 1. The van der Waals surface area contributed by atoms with Crippen molar-refractivity contribution in [2.75, 3.05) is 0 Å². The molecule has 0 saturated heterocycles. The molecule has 1 aliphatic carbocycles. The van der Waals surface area contributed by atoms with E-state index in [9.17, 15) is 0 Å². The van der Waals surface area contributed by atoms with Crippen LogP contribution in [-0.4, -0.2) is 10.4 Å². The van der Waals surface area contributed by atoms with Crippen molar-refractivity contribution < 1.29 is 0 Å². The van der Waals surface area contributed by atoms with Crippen LogP contribution in [0.2, 0.25) is 0 Å². The maximum absolute atomic E-state index is 4.22. The summed E-state index contributed by atoms with van der Waals surface area (Å²) in [5.41, 5.74) is 2.55. The molecule has 1 heterocycles. The van der Waals surface area contributed by atoms with Crippen LogP contribution in [0.5, 0.6) is 0 Å². The molecule has 0 radical (unpaired) electrons. The normalized spacial score (nSPS) is 17.2. The summed E-state index contributed by atoms with van der Waals surface area (Å²) in [5, 5.41) is 5.60. The van der Waals surface area contributed by atoms with Crippen molar-refractivity contribution in [1.82, 2.24) is 9.69 Å². The van der Waals surface area contributed by atoms with Gasteiger partial charge in [0.05, 0.1) is 5.69 Å². The topological polar surface area (TPSA) is 24.9 Å². The summed E-state index contributed by atoms with van der Waals surface area (Å²) in [5.74, 6) is 0. The van der Waals surface area contributed by atoms with E-state index in [1.807, 2.05) is 0 Å². The first-order chi connectivity index (χ1) is 5.36. The zero-order valence-corrected chi connectivity index (χ0v) is 7.45. The Morgan fingerprint density at radius 2 is 2.55 bits per heavy atom. The van der Waals surface area contributed by atoms with Crippen LogP contribution in [0.15, 0.2) is 5.38 Å². The highest BCUT2D eigenvalue weighted by Crippen LogP contribution is 2.20. The van der Waals surface area contributed by atoms with Gasteiger partial charge in [0.15, 0.2) is 0 Å². The second-order valence-corrected chi connectivity index (χ2v) is 3.71. The molecule has 0 bridgehead atoms. The molecule has 1 aliphatic rings. The van der Waals surface area contributed by atoms with Gasteiger partial charge in [0.25, 0.3) is 0 Å². The van der Waals surface area contributed by atoms with Crippen LogP contribution < -0.4 is 5.32 Å². The van der Waals surface area contributed by atoms with Crippen molar-refractivity contribution in [2.45, 2.75) is 32.4 Å². The van der Waals surface area contributed by atoms with E-state index in [2.05, 4.69) is 22.0 Å². The highest BCUT2D eigenvalue weighted by atomic mass is 32.1. The van der Waals surface area contributed by atoms with Crippen molar-refractivity contribution in [2.24, 2.45) is 0 Å². The van der Waals surface area contributed by atoms with E-state index < -0.39 is 0 Å². The third-order valence-corrected chi connectivity index (χ3v) is 2.78. The Balaban J connectivity index is 1.89. The first-order valence-electron chi connectivity index (χ1n) is 3.99. The lowest BCUT2D eigenvalue weighted by atomic mass is 10.3. The molecule has 0 spiro atoms. The first kappa shape index (κ1) is 7.25. The third kappa shape index (κ3) is 1.79. The zero-order valence-electron chi connectivity index (χ0n) is 6.63. The first-order valence-corrected chi connectivity index (χ1v) is 4.83. The number of nitrogens with one attached hydrogen (secondary N) is 1. The number of aryl methyl sites for hydroxylation is 1. The Morgan fingerprint density at radius 3 is 3.09 bits per heavy atom. The van der Waals surface area contributed by atoms with Crippen molar-refractivity contribution in [3.8, 4) is 0 Å². The molecule has 2 nitrogen and oxygen atoms in total. The van der Waals surface area contributed by atoms with Gasteiger partial charge in [0.1, 0.15) is 0 Å². The summed E-state index contributed by atoms with van der Waals surface area (Å²) >= 11 is 1.55. The van der Waals surface area contributed by atoms with E-state index in [1.54, 1.807) is 11.5 Å². The predicted octanol–water partition coefficient (Wildman–Crippen LogP) is 1.70. The third-order valence-electron chi connectivity index (χ3n) is 2.01. The summed E-state index contributed by atoms with van der Waals surface area (Å²) in [7, 11) is 0. The van der Waals surface area contributed by atoms with E-state index in [1.165, 1.54) is 24.1 Å². The predicted molar refractivity (Wildman–Crippen MR) is 46.7 cm³/mol. The Bertz CT molecular complexity index is 240. The zero-order chi connectivity index (χ0) is 7.68. The molecule has 1 aromatic heterocycles. The van der Waals surface area contributed by atoms with Crippen LogP contribution in [0.1, 0.15) is 24.1 Å². The van der Waals surface area contributed by atoms with Crippen LogP contribution in [0.3, 0.4) is 0 Å². The van der Waals surface area contributed by atoms with Crippen LogP contribution >= 0.6 is 11.5 Å². The smallest absolute Gasteiger partial charge is 0.0556 e. The van der Waals surface area contributed by atoms with Gasteiger partial charge >= 0.3 is 0 Å². The van der Waals surface area contributed by atoms with Crippen molar-refractivity contribution >= 4 is 11.5 Å². The fourth-order valence-corrected chi connectivity index (χ4v) is 1.73. The Kier molecular flexibility index (Phi) is 1.92. The summed E-state index contributed by atoms with van der Waals surface area (Å²) < 4.78 is 4.22. The Labute approximate surface area is 70.8 Å². The average molecular weight is 168 g/mol. The Hall–Kier alpha value is -0.410. The Morgan fingerprint density at radius 1 is 1.73 bits per heavy atom. The van der Waals surface area contributed by atoms with Gasteiger partial charge in [-0.05, 0) is 36.9 Å². The molecule has 0 atom stereocenters. The van der Waals surface area contributed by atoms with Gasteiger partial charge in [0, 0.05) is 18.0 Å². The van der Waals surface area contributed by atoms with E-state index in [0.29, 0.717) is 0 Å². The minimum atomic E-state index is 0.800. The van der Waals surface area contributed by atoms with Crippen molar-refractivity contribution in [3.63, 3.8) is 0 Å². The summed E-state index contributed by atoms with van der Waals surface area (Å²) in [6.07, 6.45) is 2.72. The van der Waals surface area contributed by atoms with E-state index >= 15 is 0 Å². The summed E-state index contributed by atoms with van der Waals surface area (Å²) in [4.78, 5) is 0. The number of rotatable bonds is 3. The monoisotopic (exact) mass is 168 g/mol. The van der Waals surface area contributed by atoms with Crippen LogP contribution in [0.25, 0.3) is 0 Å². The molecule has 60 valence electrons. The summed E-state index contributed by atoms with van der Waals surface area (Å²) in [6.45, 7) is 3.08. The molecule has 0 aromatic carbocycles. The van der Waals surface area contributed by atoms with Gasteiger partial charge in [-0.25, -0.2) is 0 Å².